The minimum absolute atomic E-state index is 0.254. The van der Waals surface area contributed by atoms with E-state index in [1.54, 1.807) is 17.1 Å². The summed E-state index contributed by atoms with van der Waals surface area (Å²) < 4.78 is 16.7. The van der Waals surface area contributed by atoms with E-state index in [4.69, 9.17) is 0 Å². The number of likely N-dealkylation sites (tertiary alicyclic amines) is 1. The number of benzene rings is 1. The Morgan fingerprint density at radius 2 is 2.09 bits per heavy atom. The minimum Gasteiger partial charge on any atom is -0.370 e. The maximum Gasteiger partial charge on any atom is 0.184 e. The number of halogens is 1. The largest absolute Gasteiger partial charge is 0.370 e. The Hall–Kier alpha value is -2.47. The fourth-order valence-electron chi connectivity index (χ4n) is 4.99. The van der Waals surface area contributed by atoms with Gasteiger partial charge in [0.25, 0.3) is 0 Å². The van der Waals surface area contributed by atoms with Crippen molar-refractivity contribution in [3.05, 3.63) is 53.8 Å². The average Bonchev–Trinajstić information content (AvgIpc) is 3.49. The number of aryl methyl sites for hydroxylation is 1. The van der Waals surface area contributed by atoms with Crippen molar-refractivity contribution >= 4 is 5.57 Å². The van der Waals surface area contributed by atoms with Gasteiger partial charge in [0.15, 0.2) is 5.82 Å². The summed E-state index contributed by atoms with van der Waals surface area (Å²) in [6.07, 6.45) is 11.9. The summed E-state index contributed by atoms with van der Waals surface area (Å²) in [5.41, 5.74) is 4.11. The van der Waals surface area contributed by atoms with Crippen LogP contribution in [0.2, 0.25) is 0 Å². The minimum atomic E-state index is -0.254. The molecular formula is C27H38FN5. The molecule has 4 rings (SSSR count). The number of hydrogen-bond acceptors (Lipinski definition) is 4. The lowest BCUT2D eigenvalue weighted by atomic mass is 9.97. The normalized spacial score (nSPS) is 19.9. The zero-order valence-corrected chi connectivity index (χ0v) is 20.4. The van der Waals surface area contributed by atoms with Crippen LogP contribution in [0.5, 0.6) is 0 Å². The van der Waals surface area contributed by atoms with Crippen LogP contribution in [0.1, 0.15) is 58.4 Å². The van der Waals surface area contributed by atoms with Crippen molar-refractivity contribution in [3.63, 3.8) is 0 Å². The highest BCUT2D eigenvalue weighted by Crippen LogP contribution is 2.29. The predicted molar refractivity (Wildman–Crippen MR) is 133 cm³/mol. The summed E-state index contributed by atoms with van der Waals surface area (Å²) in [5.74, 6) is 1.06. The number of rotatable bonds is 9. The molecule has 2 aliphatic rings. The Morgan fingerprint density at radius 1 is 1.21 bits per heavy atom. The molecule has 0 N–H and O–H groups in total. The van der Waals surface area contributed by atoms with Gasteiger partial charge in [0.05, 0.1) is 5.56 Å². The molecule has 1 saturated heterocycles. The third-order valence-corrected chi connectivity index (χ3v) is 6.96. The van der Waals surface area contributed by atoms with Crippen LogP contribution in [0.15, 0.2) is 42.4 Å². The molecule has 1 aromatic carbocycles. The van der Waals surface area contributed by atoms with Gasteiger partial charge in [0.2, 0.25) is 0 Å². The molecule has 0 aliphatic carbocycles. The maximum atomic E-state index is 14.9. The molecule has 0 spiro atoms. The molecule has 1 atom stereocenters. The number of nitrogens with zero attached hydrogens (tertiary/aromatic N) is 5. The molecule has 0 radical (unpaired) electrons. The van der Waals surface area contributed by atoms with Gasteiger partial charge in [-0.05, 0) is 61.4 Å². The lowest BCUT2D eigenvalue weighted by molar-refractivity contribution is 0.286. The summed E-state index contributed by atoms with van der Waals surface area (Å²) in [5, 5.41) is 4.41. The molecule has 3 heterocycles. The Bertz CT molecular complexity index is 992. The van der Waals surface area contributed by atoms with Gasteiger partial charge in [0.1, 0.15) is 12.1 Å². The van der Waals surface area contributed by atoms with E-state index in [-0.39, 0.29) is 5.82 Å². The standard InChI is InChI=1S/C27H38FN5/c1-4-7-24(19-31-14-10-21(6-3)18-31)32-15-11-22(12-16-32)23-8-9-25(26(28)17-23)27-29-20-33(30-27)13-5-2/h7-9,11,17,20-21H,4-6,10,12-16,18-19H2,1-3H3/b24-7+. The van der Waals surface area contributed by atoms with Crippen molar-refractivity contribution in [2.24, 2.45) is 5.92 Å². The third kappa shape index (κ3) is 5.72. The lowest BCUT2D eigenvalue weighted by Crippen LogP contribution is -2.34. The van der Waals surface area contributed by atoms with E-state index >= 15 is 0 Å². The zero-order valence-electron chi connectivity index (χ0n) is 20.4. The molecule has 1 unspecified atom stereocenters. The van der Waals surface area contributed by atoms with Crippen LogP contribution in [0, 0.1) is 11.7 Å². The number of hydrogen-bond donors (Lipinski definition) is 0. The molecule has 1 fully saturated rings. The molecule has 178 valence electrons. The molecule has 0 amide bonds. The molecule has 33 heavy (non-hydrogen) atoms. The van der Waals surface area contributed by atoms with Crippen LogP contribution in [0.4, 0.5) is 4.39 Å². The van der Waals surface area contributed by atoms with E-state index in [0.717, 1.165) is 56.9 Å². The highest BCUT2D eigenvalue weighted by atomic mass is 19.1. The van der Waals surface area contributed by atoms with Crippen molar-refractivity contribution in [3.8, 4) is 11.4 Å². The molecule has 2 aliphatic heterocycles. The summed E-state index contributed by atoms with van der Waals surface area (Å²) in [4.78, 5) is 9.40. The monoisotopic (exact) mass is 451 g/mol. The fourth-order valence-corrected chi connectivity index (χ4v) is 4.99. The van der Waals surface area contributed by atoms with E-state index in [1.165, 1.54) is 37.2 Å². The van der Waals surface area contributed by atoms with E-state index < -0.39 is 0 Å². The Morgan fingerprint density at radius 3 is 2.76 bits per heavy atom. The fraction of sp³-hybridized carbons (Fsp3) is 0.556. The van der Waals surface area contributed by atoms with Crippen molar-refractivity contribution in [2.75, 3.05) is 32.7 Å². The molecule has 0 saturated carbocycles. The van der Waals surface area contributed by atoms with Crippen LogP contribution in [0.3, 0.4) is 0 Å². The first-order valence-corrected chi connectivity index (χ1v) is 12.7. The number of allylic oxidation sites excluding steroid dienone is 1. The third-order valence-electron chi connectivity index (χ3n) is 6.96. The molecule has 6 heteroatoms. The molecule has 2 aromatic rings. The Kier molecular flexibility index (Phi) is 7.97. The summed E-state index contributed by atoms with van der Waals surface area (Å²) in [6, 6.07) is 5.48. The summed E-state index contributed by atoms with van der Waals surface area (Å²) in [6.45, 7) is 12.8. The first kappa shape index (κ1) is 23.7. The van der Waals surface area contributed by atoms with Crippen LogP contribution in [0.25, 0.3) is 17.0 Å². The smallest absolute Gasteiger partial charge is 0.184 e. The Labute approximate surface area is 198 Å². The van der Waals surface area contributed by atoms with Crippen LogP contribution in [-0.2, 0) is 6.54 Å². The lowest BCUT2D eigenvalue weighted by Gasteiger charge is -2.33. The Balaban J connectivity index is 1.42. The van der Waals surface area contributed by atoms with Crippen LogP contribution < -0.4 is 0 Å². The molecule has 0 bridgehead atoms. The zero-order chi connectivity index (χ0) is 23.2. The maximum absolute atomic E-state index is 14.9. The van der Waals surface area contributed by atoms with Crippen LogP contribution >= 0.6 is 0 Å². The quantitative estimate of drug-likeness (QED) is 0.497. The van der Waals surface area contributed by atoms with Gasteiger partial charge in [-0.2, -0.15) is 5.10 Å². The molecular weight excluding hydrogens is 413 g/mol. The van der Waals surface area contributed by atoms with E-state index in [1.807, 2.05) is 12.1 Å². The van der Waals surface area contributed by atoms with Gasteiger partial charge in [-0.25, -0.2) is 9.37 Å². The van der Waals surface area contributed by atoms with Gasteiger partial charge < -0.3 is 4.90 Å². The van der Waals surface area contributed by atoms with Gasteiger partial charge >= 0.3 is 0 Å². The van der Waals surface area contributed by atoms with Crippen molar-refractivity contribution in [2.45, 2.75) is 59.4 Å². The second kappa shape index (κ2) is 11.1. The first-order chi connectivity index (χ1) is 16.1. The first-order valence-electron chi connectivity index (χ1n) is 12.7. The predicted octanol–water partition coefficient (Wildman–Crippen LogP) is 5.61. The van der Waals surface area contributed by atoms with Crippen LogP contribution in [-0.4, -0.2) is 57.3 Å². The van der Waals surface area contributed by atoms with E-state index in [2.05, 4.69) is 52.8 Å². The van der Waals surface area contributed by atoms with E-state index in [9.17, 15) is 4.39 Å². The highest BCUT2D eigenvalue weighted by molar-refractivity contribution is 5.69. The summed E-state index contributed by atoms with van der Waals surface area (Å²) in [7, 11) is 0. The average molecular weight is 452 g/mol. The van der Waals surface area contributed by atoms with Gasteiger partial charge in [0, 0.05) is 38.4 Å². The topological polar surface area (TPSA) is 37.2 Å². The second-order valence-corrected chi connectivity index (χ2v) is 9.35. The van der Waals surface area contributed by atoms with Gasteiger partial charge in [-0.1, -0.05) is 45.4 Å². The van der Waals surface area contributed by atoms with E-state index in [0.29, 0.717) is 11.4 Å². The highest BCUT2D eigenvalue weighted by Gasteiger charge is 2.24. The van der Waals surface area contributed by atoms with Gasteiger partial charge in [-0.3, -0.25) is 9.58 Å². The second-order valence-electron chi connectivity index (χ2n) is 9.35. The molecule has 5 nitrogen and oxygen atoms in total. The van der Waals surface area contributed by atoms with Gasteiger partial charge in [-0.15, -0.1) is 0 Å². The number of aromatic nitrogens is 3. The summed E-state index contributed by atoms with van der Waals surface area (Å²) >= 11 is 0. The molecule has 1 aromatic heterocycles. The van der Waals surface area contributed by atoms with Crippen molar-refractivity contribution < 1.29 is 4.39 Å². The SMILES string of the molecule is CC/C=C(\CN1CCC(CC)C1)N1CC=C(c2ccc(-c3ncn(CCC)n3)c(F)c2)CC1. The van der Waals surface area contributed by atoms with Crippen molar-refractivity contribution in [1.82, 2.24) is 24.6 Å². The van der Waals surface area contributed by atoms with Crippen molar-refractivity contribution in [1.29, 1.82) is 0 Å².